The molecule has 4 nitrogen and oxygen atoms in total. The summed E-state index contributed by atoms with van der Waals surface area (Å²) in [5.74, 6) is 0.0498. The third-order valence-corrected chi connectivity index (χ3v) is 4.32. The lowest BCUT2D eigenvalue weighted by atomic mass is 10.0. The Morgan fingerprint density at radius 3 is 2.78 bits per heavy atom. The number of hydrogen-bond acceptors (Lipinski definition) is 4. The molecule has 1 aromatic carbocycles. The number of rotatable bonds is 6. The van der Waals surface area contributed by atoms with Crippen LogP contribution in [-0.2, 0) is 11.3 Å². The Hall–Kier alpha value is -1.72. The molecule has 0 aliphatic rings. The number of carbonyl (C=O) groups is 1. The van der Waals surface area contributed by atoms with E-state index in [4.69, 9.17) is 4.98 Å². The lowest BCUT2D eigenvalue weighted by molar-refractivity contribution is -0.122. The van der Waals surface area contributed by atoms with Crippen molar-refractivity contribution in [2.24, 2.45) is 0 Å². The lowest BCUT2D eigenvalue weighted by Crippen LogP contribution is -2.38. The number of benzene rings is 1. The average Bonchev–Trinajstić information content (AvgIpc) is 2.88. The molecule has 124 valence electrons. The molecule has 0 unspecified atom stereocenters. The van der Waals surface area contributed by atoms with Crippen molar-refractivity contribution < 1.29 is 4.79 Å². The van der Waals surface area contributed by atoms with Crippen LogP contribution in [0.1, 0.15) is 30.0 Å². The minimum Gasteiger partial charge on any atom is -0.353 e. The fourth-order valence-electron chi connectivity index (χ4n) is 2.42. The first kappa shape index (κ1) is 17.6. The highest BCUT2D eigenvalue weighted by molar-refractivity contribution is 7.09. The first-order valence-electron chi connectivity index (χ1n) is 7.85. The lowest BCUT2D eigenvalue weighted by Gasteiger charge is -2.16. The Bertz CT molecular complexity index is 679. The maximum Gasteiger partial charge on any atom is 0.234 e. The highest BCUT2D eigenvalue weighted by Crippen LogP contribution is 2.26. The average molecular weight is 331 g/mol. The fraction of sp³-hybridized carbons (Fsp3) is 0.444. The van der Waals surface area contributed by atoms with E-state index < -0.39 is 0 Å². The highest BCUT2D eigenvalue weighted by Gasteiger charge is 2.12. The molecular formula is C18H25N3OS. The first-order chi connectivity index (χ1) is 10.8. The number of hydrogen-bond donors (Lipinski definition) is 1. The molecule has 0 fully saturated rings. The van der Waals surface area contributed by atoms with Crippen LogP contribution in [-0.4, -0.2) is 35.4 Å². The van der Waals surface area contributed by atoms with E-state index in [-0.39, 0.29) is 11.9 Å². The topological polar surface area (TPSA) is 45.2 Å². The summed E-state index contributed by atoms with van der Waals surface area (Å²) < 4.78 is 0. The van der Waals surface area contributed by atoms with Gasteiger partial charge in [-0.2, -0.15) is 0 Å². The number of aromatic nitrogens is 1. The van der Waals surface area contributed by atoms with Crippen LogP contribution in [0, 0.1) is 13.8 Å². The molecule has 2 aromatic rings. The van der Waals surface area contributed by atoms with Gasteiger partial charge in [0.15, 0.2) is 0 Å². The standard InChI is InChI=1S/C18H25N3OS/c1-12(2)19-17(22)9-21(5)10-18-20-16(11-23-18)15-8-13(3)6-7-14(15)4/h6-8,11-12H,9-10H2,1-5H3,(H,19,22). The Labute approximate surface area is 142 Å². The van der Waals surface area contributed by atoms with Gasteiger partial charge in [-0.05, 0) is 46.4 Å². The summed E-state index contributed by atoms with van der Waals surface area (Å²) >= 11 is 1.64. The minimum absolute atomic E-state index is 0.0498. The van der Waals surface area contributed by atoms with Crippen molar-refractivity contribution in [2.75, 3.05) is 13.6 Å². The Morgan fingerprint density at radius 2 is 2.09 bits per heavy atom. The number of carbonyl (C=O) groups excluding carboxylic acids is 1. The third kappa shape index (κ3) is 5.15. The summed E-state index contributed by atoms with van der Waals surface area (Å²) in [6.45, 7) is 9.20. The number of thiazole rings is 1. The predicted octanol–water partition coefficient (Wildman–Crippen LogP) is 3.38. The zero-order chi connectivity index (χ0) is 17.0. The summed E-state index contributed by atoms with van der Waals surface area (Å²) in [5, 5.41) is 6.03. The number of nitrogens with one attached hydrogen (secondary N) is 1. The van der Waals surface area contributed by atoms with E-state index >= 15 is 0 Å². The van der Waals surface area contributed by atoms with Crippen LogP contribution in [0.2, 0.25) is 0 Å². The number of nitrogens with zero attached hydrogens (tertiary/aromatic N) is 2. The van der Waals surface area contributed by atoms with Crippen LogP contribution in [0.15, 0.2) is 23.6 Å². The van der Waals surface area contributed by atoms with Gasteiger partial charge in [-0.25, -0.2) is 4.98 Å². The van der Waals surface area contributed by atoms with E-state index in [1.54, 1.807) is 11.3 Å². The van der Waals surface area contributed by atoms with E-state index in [0.717, 1.165) is 10.7 Å². The maximum atomic E-state index is 11.8. The second-order valence-corrected chi connectivity index (χ2v) is 7.28. The Morgan fingerprint density at radius 1 is 1.35 bits per heavy atom. The third-order valence-electron chi connectivity index (χ3n) is 3.49. The monoisotopic (exact) mass is 331 g/mol. The molecule has 5 heteroatoms. The number of likely N-dealkylation sites (N-methyl/N-ethyl adjacent to an activating group) is 1. The van der Waals surface area contributed by atoms with Gasteiger partial charge in [-0.3, -0.25) is 9.69 Å². The molecule has 0 atom stereocenters. The van der Waals surface area contributed by atoms with Crippen LogP contribution < -0.4 is 5.32 Å². The minimum atomic E-state index is 0.0498. The Balaban J connectivity index is 2.02. The van der Waals surface area contributed by atoms with E-state index in [0.29, 0.717) is 13.1 Å². The molecule has 1 N–H and O–H groups in total. The molecule has 1 amide bonds. The zero-order valence-corrected chi connectivity index (χ0v) is 15.3. The van der Waals surface area contributed by atoms with Gasteiger partial charge in [0.05, 0.1) is 18.8 Å². The van der Waals surface area contributed by atoms with Gasteiger partial charge in [0.1, 0.15) is 5.01 Å². The second kappa shape index (κ2) is 7.70. The second-order valence-electron chi connectivity index (χ2n) is 6.34. The van der Waals surface area contributed by atoms with E-state index in [1.165, 1.54) is 16.7 Å². The zero-order valence-electron chi connectivity index (χ0n) is 14.5. The van der Waals surface area contributed by atoms with Crippen LogP contribution in [0.25, 0.3) is 11.3 Å². The molecule has 0 aliphatic heterocycles. The summed E-state index contributed by atoms with van der Waals surface area (Å²) in [4.78, 5) is 18.5. The molecule has 1 aromatic heterocycles. The normalized spacial score (nSPS) is 11.3. The van der Waals surface area contributed by atoms with Crippen molar-refractivity contribution in [2.45, 2.75) is 40.3 Å². The first-order valence-corrected chi connectivity index (χ1v) is 8.73. The van der Waals surface area contributed by atoms with Gasteiger partial charge >= 0.3 is 0 Å². The number of aryl methyl sites for hydroxylation is 2. The van der Waals surface area contributed by atoms with E-state index in [9.17, 15) is 4.79 Å². The van der Waals surface area contributed by atoms with Gasteiger partial charge in [-0.1, -0.05) is 17.7 Å². The molecular weight excluding hydrogens is 306 g/mol. The van der Waals surface area contributed by atoms with E-state index in [1.807, 2.05) is 25.8 Å². The SMILES string of the molecule is Cc1ccc(C)c(-c2csc(CN(C)CC(=O)NC(C)C)n2)c1. The number of amides is 1. The molecule has 0 saturated heterocycles. The van der Waals surface area contributed by atoms with Crippen molar-refractivity contribution in [1.29, 1.82) is 0 Å². The predicted molar refractivity (Wildman–Crippen MR) is 96.6 cm³/mol. The Kier molecular flexibility index (Phi) is 5.91. The molecule has 23 heavy (non-hydrogen) atoms. The van der Waals surface area contributed by atoms with Gasteiger partial charge < -0.3 is 5.32 Å². The molecule has 0 aliphatic carbocycles. The summed E-state index contributed by atoms with van der Waals surface area (Å²) in [6.07, 6.45) is 0. The van der Waals surface area contributed by atoms with Crippen molar-refractivity contribution in [3.63, 3.8) is 0 Å². The summed E-state index contributed by atoms with van der Waals surface area (Å²) in [5.41, 5.74) is 4.68. The summed E-state index contributed by atoms with van der Waals surface area (Å²) in [6, 6.07) is 6.60. The van der Waals surface area contributed by atoms with Crippen LogP contribution in [0.5, 0.6) is 0 Å². The quantitative estimate of drug-likeness (QED) is 0.882. The van der Waals surface area contributed by atoms with Crippen molar-refractivity contribution >= 4 is 17.2 Å². The highest BCUT2D eigenvalue weighted by atomic mass is 32.1. The van der Waals surface area contributed by atoms with Crippen LogP contribution >= 0.6 is 11.3 Å². The largest absolute Gasteiger partial charge is 0.353 e. The van der Waals surface area contributed by atoms with Gasteiger partial charge in [0, 0.05) is 17.0 Å². The van der Waals surface area contributed by atoms with Crippen LogP contribution in [0.3, 0.4) is 0 Å². The molecule has 0 spiro atoms. The van der Waals surface area contributed by atoms with Gasteiger partial charge in [0.2, 0.25) is 5.91 Å². The maximum absolute atomic E-state index is 11.8. The molecule has 0 radical (unpaired) electrons. The smallest absolute Gasteiger partial charge is 0.234 e. The fourth-order valence-corrected chi connectivity index (χ4v) is 3.29. The summed E-state index contributed by atoms with van der Waals surface area (Å²) in [7, 11) is 1.94. The molecule has 0 bridgehead atoms. The molecule has 1 heterocycles. The van der Waals surface area contributed by atoms with Crippen molar-refractivity contribution in [3.8, 4) is 11.3 Å². The van der Waals surface area contributed by atoms with Crippen molar-refractivity contribution in [3.05, 3.63) is 39.7 Å². The van der Waals surface area contributed by atoms with E-state index in [2.05, 4.69) is 42.7 Å². The van der Waals surface area contributed by atoms with Gasteiger partial charge in [-0.15, -0.1) is 11.3 Å². The van der Waals surface area contributed by atoms with Crippen LogP contribution in [0.4, 0.5) is 0 Å². The molecule has 2 rings (SSSR count). The molecule has 0 saturated carbocycles. The van der Waals surface area contributed by atoms with Crippen molar-refractivity contribution in [1.82, 2.24) is 15.2 Å². The van der Waals surface area contributed by atoms with Gasteiger partial charge in [0.25, 0.3) is 0 Å².